The summed E-state index contributed by atoms with van der Waals surface area (Å²) in [6, 6.07) is 9.46. The lowest BCUT2D eigenvalue weighted by molar-refractivity contribution is -0.117. The topological polar surface area (TPSA) is 86.7 Å². The molecule has 2 aromatic carbocycles. The van der Waals surface area contributed by atoms with Crippen molar-refractivity contribution in [3.63, 3.8) is 0 Å². The van der Waals surface area contributed by atoms with Gasteiger partial charge in [-0.3, -0.25) is 4.79 Å². The Morgan fingerprint density at radius 2 is 1.97 bits per heavy atom. The molecule has 1 atom stereocenters. The Kier molecular flexibility index (Phi) is 5.42. The summed E-state index contributed by atoms with van der Waals surface area (Å²) >= 11 is 0. The predicted molar refractivity (Wildman–Crippen MR) is 107 cm³/mol. The van der Waals surface area contributed by atoms with Crippen molar-refractivity contribution in [2.75, 3.05) is 24.6 Å². The molecule has 154 valence electrons. The first-order chi connectivity index (χ1) is 13.9. The van der Waals surface area contributed by atoms with Crippen molar-refractivity contribution < 1.29 is 22.7 Å². The maximum atomic E-state index is 13.9. The average Bonchev–Trinajstić information content (AvgIpc) is 3.03. The van der Waals surface area contributed by atoms with E-state index >= 15 is 0 Å². The van der Waals surface area contributed by atoms with Crippen molar-refractivity contribution >= 4 is 21.6 Å². The second-order valence-corrected chi connectivity index (χ2v) is 9.38. The van der Waals surface area contributed by atoms with Crippen molar-refractivity contribution in [3.8, 4) is 0 Å². The summed E-state index contributed by atoms with van der Waals surface area (Å²) in [5.74, 6) is -0.819. The quantitative estimate of drug-likeness (QED) is 0.718. The standard InChI is InChI=1S/C21H23FN2O4S/c22-19-6-2-1-4-15(19)8-14(13-25)12-23-29(27,28)18-9-16-5-3-7-24-20(26)11-17(10-18)21(16)24/h1-2,4,6,9-10,14,23,25H,3,5,7-8,11-13H2. The van der Waals surface area contributed by atoms with Gasteiger partial charge in [-0.05, 0) is 60.1 Å². The summed E-state index contributed by atoms with van der Waals surface area (Å²) in [6.45, 7) is 0.401. The van der Waals surface area contributed by atoms with Gasteiger partial charge in [0, 0.05) is 19.7 Å². The number of aryl methyl sites for hydroxylation is 1. The fourth-order valence-corrected chi connectivity index (χ4v) is 5.31. The number of carbonyl (C=O) groups is 1. The van der Waals surface area contributed by atoms with Gasteiger partial charge >= 0.3 is 0 Å². The number of hydrogen-bond donors (Lipinski definition) is 2. The molecule has 2 aliphatic rings. The molecule has 2 N–H and O–H groups in total. The second-order valence-electron chi connectivity index (χ2n) is 7.61. The molecule has 0 saturated carbocycles. The first kappa shape index (κ1) is 20.0. The highest BCUT2D eigenvalue weighted by Gasteiger charge is 2.33. The van der Waals surface area contributed by atoms with E-state index < -0.39 is 15.9 Å². The number of amides is 1. The largest absolute Gasteiger partial charge is 0.396 e. The number of benzene rings is 2. The zero-order valence-electron chi connectivity index (χ0n) is 15.9. The third-order valence-corrected chi connectivity index (χ3v) is 6.98. The van der Waals surface area contributed by atoms with Gasteiger partial charge < -0.3 is 10.0 Å². The SMILES string of the molecule is O=C1Cc2cc(S(=O)(=O)NCC(CO)Cc3ccccc3F)cc3c2N1CCC3. The molecule has 2 heterocycles. The van der Waals surface area contributed by atoms with Crippen molar-refractivity contribution in [2.24, 2.45) is 5.92 Å². The monoisotopic (exact) mass is 418 g/mol. The smallest absolute Gasteiger partial charge is 0.240 e. The molecule has 0 fully saturated rings. The van der Waals surface area contributed by atoms with Gasteiger partial charge in [-0.15, -0.1) is 0 Å². The van der Waals surface area contributed by atoms with Gasteiger partial charge in [-0.25, -0.2) is 17.5 Å². The third-order valence-electron chi connectivity index (χ3n) is 5.58. The van der Waals surface area contributed by atoms with Gasteiger partial charge in [0.05, 0.1) is 17.0 Å². The highest BCUT2D eigenvalue weighted by Crippen LogP contribution is 2.38. The van der Waals surface area contributed by atoms with E-state index in [0.29, 0.717) is 12.1 Å². The van der Waals surface area contributed by atoms with E-state index in [1.807, 2.05) is 0 Å². The molecule has 2 aliphatic heterocycles. The predicted octanol–water partition coefficient (Wildman–Crippen LogP) is 1.79. The Morgan fingerprint density at radius 3 is 2.72 bits per heavy atom. The molecule has 29 heavy (non-hydrogen) atoms. The highest BCUT2D eigenvalue weighted by atomic mass is 32.2. The van der Waals surface area contributed by atoms with Gasteiger partial charge in [-0.1, -0.05) is 18.2 Å². The molecule has 0 aliphatic carbocycles. The van der Waals surface area contributed by atoms with Crippen LogP contribution in [0.1, 0.15) is 23.1 Å². The molecule has 0 aromatic heterocycles. The van der Waals surface area contributed by atoms with Gasteiger partial charge in [0.1, 0.15) is 5.82 Å². The van der Waals surface area contributed by atoms with Crippen LogP contribution in [0.4, 0.5) is 10.1 Å². The van der Waals surface area contributed by atoms with E-state index in [1.165, 1.54) is 6.07 Å². The minimum atomic E-state index is -3.82. The Labute approximate surface area is 169 Å². The maximum Gasteiger partial charge on any atom is 0.240 e. The number of halogens is 1. The van der Waals surface area contributed by atoms with Crippen LogP contribution in [-0.4, -0.2) is 39.1 Å². The maximum absolute atomic E-state index is 13.9. The molecule has 8 heteroatoms. The van der Waals surface area contributed by atoms with Gasteiger partial charge in [0.25, 0.3) is 0 Å². The van der Waals surface area contributed by atoms with E-state index in [9.17, 15) is 22.7 Å². The van der Waals surface area contributed by atoms with Gasteiger partial charge in [0.15, 0.2) is 0 Å². The Bertz CT molecular complexity index is 1050. The molecular weight excluding hydrogens is 395 g/mol. The molecule has 0 saturated heterocycles. The lowest BCUT2D eigenvalue weighted by Crippen LogP contribution is -2.33. The summed E-state index contributed by atoms with van der Waals surface area (Å²) < 4.78 is 42.1. The number of rotatable bonds is 7. The average molecular weight is 418 g/mol. The van der Waals surface area contributed by atoms with Crippen LogP contribution < -0.4 is 9.62 Å². The fourth-order valence-electron chi connectivity index (χ4n) is 4.09. The van der Waals surface area contributed by atoms with E-state index in [2.05, 4.69) is 4.72 Å². The van der Waals surface area contributed by atoms with Crippen LogP contribution in [0.15, 0.2) is 41.3 Å². The Hall–Kier alpha value is -2.29. The van der Waals surface area contributed by atoms with E-state index in [1.54, 1.807) is 35.2 Å². The van der Waals surface area contributed by atoms with Crippen LogP contribution in [0.25, 0.3) is 0 Å². The molecule has 6 nitrogen and oxygen atoms in total. The van der Waals surface area contributed by atoms with Crippen LogP contribution in [0.3, 0.4) is 0 Å². The summed E-state index contributed by atoms with van der Waals surface area (Å²) in [7, 11) is -3.82. The van der Waals surface area contributed by atoms with Crippen molar-refractivity contribution in [1.82, 2.24) is 4.72 Å². The number of aliphatic hydroxyl groups is 1. The Morgan fingerprint density at radius 1 is 1.21 bits per heavy atom. The number of aliphatic hydroxyl groups excluding tert-OH is 1. The number of nitrogens with one attached hydrogen (secondary N) is 1. The summed E-state index contributed by atoms with van der Waals surface area (Å²) in [4.78, 5) is 14.0. The lowest BCUT2D eigenvalue weighted by atomic mass is 10.00. The van der Waals surface area contributed by atoms with Crippen LogP contribution in [0.2, 0.25) is 0 Å². The van der Waals surface area contributed by atoms with Gasteiger partial charge in [-0.2, -0.15) is 0 Å². The summed E-state index contributed by atoms with van der Waals surface area (Å²) in [6.07, 6.45) is 2.00. The molecule has 0 spiro atoms. The van der Waals surface area contributed by atoms with E-state index in [-0.39, 0.29) is 42.6 Å². The number of sulfonamides is 1. The highest BCUT2D eigenvalue weighted by molar-refractivity contribution is 7.89. The van der Waals surface area contributed by atoms with Crippen molar-refractivity contribution in [2.45, 2.75) is 30.6 Å². The summed E-state index contributed by atoms with van der Waals surface area (Å²) in [5, 5.41) is 9.62. The minimum absolute atomic E-state index is 0.00805. The molecule has 4 rings (SSSR count). The summed E-state index contributed by atoms with van der Waals surface area (Å²) in [5.41, 5.74) is 2.93. The number of hydrogen-bond acceptors (Lipinski definition) is 4. The Balaban J connectivity index is 1.51. The van der Waals surface area contributed by atoms with E-state index in [0.717, 1.165) is 29.7 Å². The molecule has 1 unspecified atom stereocenters. The normalized spacial score (nSPS) is 16.8. The molecule has 0 radical (unpaired) electrons. The van der Waals surface area contributed by atoms with Crippen molar-refractivity contribution in [3.05, 3.63) is 58.9 Å². The third kappa shape index (κ3) is 3.92. The molecule has 2 aromatic rings. The second kappa shape index (κ2) is 7.85. The van der Waals surface area contributed by atoms with Gasteiger partial charge in [0.2, 0.25) is 15.9 Å². The van der Waals surface area contributed by atoms with Crippen molar-refractivity contribution in [1.29, 1.82) is 0 Å². The fraction of sp³-hybridized carbons (Fsp3) is 0.381. The molecule has 1 amide bonds. The number of anilines is 1. The zero-order valence-corrected chi connectivity index (χ0v) is 16.7. The molecule has 0 bridgehead atoms. The zero-order chi connectivity index (χ0) is 20.6. The molecular formula is C21H23FN2O4S. The number of nitrogens with zero attached hydrogens (tertiary/aromatic N) is 1. The van der Waals surface area contributed by atoms with Crippen LogP contribution >= 0.6 is 0 Å². The van der Waals surface area contributed by atoms with E-state index in [4.69, 9.17) is 0 Å². The first-order valence-corrected chi connectivity index (χ1v) is 11.2. The first-order valence-electron chi connectivity index (χ1n) is 9.69. The minimum Gasteiger partial charge on any atom is -0.396 e. The van der Waals surface area contributed by atoms with Crippen LogP contribution in [0, 0.1) is 11.7 Å². The lowest BCUT2D eigenvalue weighted by Gasteiger charge is -2.26. The van der Waals surface area contributed by atoms with Crippen LogP contribution in [-0.2, 0) is 34.1 Å². The number of carbonyl (C=O) groups excluding carboxylic acids is 1. The van der Waals surface area contributed by atoms with Crippen LogP contribution in [0.5, 0.6) is 0 Å².